The minimum atomic E-state index is -3.73. The highest BCUT2D eigenvalue weighted by molar-refractivity contribution is 7.89. The largest absolute Gasteiger partial charge is 0.355 e. The van der Waals surface area contributed by atoms with Crippen molar-refractivity contribution in [2.24, 2.45) is 5.92 Å². The molecule has 1 saturated heterocycles. The first-order chi connectivity index (χ1) is 13.2. The Balaban J connectivity index is 1.99. The summed E-state index contributed by atoms with van der Waals surface area (Å²) in [5.41, 5.74) is 0.342. The Kier molecular flexibility index (Phi) is 7.31. The Labute approximate surface area is 165 Å². The molecule has 28 heavy (non-hydrogen) atoms. The van der Waals surface area contributed by atoms with Crippen molar-refractivity contribution in [2.75, 3.05) is 19.6 Å². The first-order valence-corrected chi connectivity index (χ1v) is 10.8. The fraction of sp³-hybridized carbons (Fsp3) is 0.526. The maximum atomic E-state index is 12.8. The number of likely N-dealkylation sites (N-methyl/N-ethyl adjacent to an activating group) is 1. The van der Waals surface area contributed by atoms with E-state index in [0.29, 0.717) is 24.9 Å². The van der Waals surface area contributed by atoms with Gasteiger partial charge in [-0.05, 0) is 45.7 Å². The normalized spacial score (nSPS) is 17.0. The van der Waals surface area contributed by atoms with Gasteiger partial charge < -0.3 is 10.6 Å². The van der Waals surface area contributed by atoms with Crippen LogP contribution in [0.1, 0.15) is 44.0 Å². The van der Waals surface area contributed by atoms with Gasteiger partial charge in [0.2, 0.25) is 21.8 Å². The zero-order valence-corrected chi connectivity index (χ0v) is 17.2. The summed E-state index contributed by atoms with van der Waals surface area (Å²) in [4.78, 5) is 35.7. The highest BCUT2D eigenvalue weighted by Crippen LogP contribution is 2.24. The quantitative estimate of drug-likeness (QED) is 0.651. The lowest BCUT2D eigenvalue weighted by Gasteiger charge is -2.31. The van der Waals surface area contributed by atoms with Crippen LogP contribution in [0.15, 0.2) is 29.2 Å². The molecule has 1 aromatic rings. The first-order valence-electron chi connectivity index (χ1n) is 9.36. The maximum Gasteiger partial charge on any atom is 0.243 e. The SMILES string of the molecule is CCNC(=O)[C@H](C)NC(=O)C1CCN(S(=O)(=O)c2cccc(C(C)=O)c2)CC1. The van der Waals surface area contributed by atoms with E-state index in [0.717, 1.165) is 0 Å². The van der Waals surface area contributed by atoms with Crippen LogP contribution in [0, 0.1) is 5.92 Å². The number of Topliss-reactive ketones (excluding diaryl/α,β-unsaturated/α-hetero) is 1. The summed E-state index contributed by atoms with van der Waals surface area (Å²) in [6.07, 6.45) is 0.749. The van der Waals surface area contributed by atoms with Crippen LogP contribution in [0.2, 0.25) is 0 Å². The van der Waals surface area contributed by atoms with Gasteiger partial charge in [0.25, 0.3) is 0 Å². The lowest BCUT2D eigenvalue weighted by molar-refractivity contribution is -0.131. The predicted octanol–water partition coefficient (Wildman–Crippen LogP) is 0.931. The molecular formula is C19H27N3O5S. The van der Waals surface area contributed by atoms with Gasteiger partial charge in [0.1, 0.15) is 6.04 Å². The average Bonchev–Trinajstić information content (AvgIpc) is 2.68. The van der Waals surface area contributed by atoms with Crippen LogP contribution in [0.4, 0.5) is 0 Å². The third-order valence-corrected chi connectivity index (χ3v) is 6.70. The standard InChI is InChI=1S/C19H27N3O5S/c1-4-20-18(24)13(2)21-19(25)15-8-10-22(11-9-15)28(26,27)17-7-5-6-16(12-17)14(3)23/h5-7,12-13,15H,4,8-11H2,1-3H3,(H,20,24)(H,21,25)/t13-/m0/s1. The molecule has 0 aromatic heterocycles. The number of carbonyl (C=O) groups is 3. The summed E-state index contributed by atoms with van der Waals surface area (Å²) in [5.74, 6) is -1.03. The van der Waals surface area contributed by atoms with E-state index in [9.17, 15) is 22.8 Å². The number of nitrogens with zero attached hydrogens (tertiary/aromatic N) is 1. The Hall–Kier alpha value is -2.26. The number of hydrogen-bond donors (Lipinski definition) is 2. The Morgan fingerprint density at radius 3 is 2.43 bits per heavy atom. The molecule has 0 radical (unpaired) electrons. The highest BCUT2D eigenvalue weighted by Gasteiger charge is 2.33. The van der Waals surface area contributed by atoms with E-state index >= 15 is 0 Å². The molecule has 1 aromatic carbocycles. The second kappa shape index (κ2) is 9.29. The lowest BCUT2D eigenvalue weighted by Crippen LogP contribution is -2.49. The van der Waals surface area contributed by atoms with Gasteiger partial charge in [-0.15, -0.1) is 0 Å². The molecule has 2 rings (SSSR count). The van der Waals surface area contributed by atoms with Crippen LogP contribution in [-0.2, 0) is 19.6 Å². The van der Waals surface area contributed by atoms with Crippen molar-refractivity contribution in [1.82, 2.24) is 14.9 Å². The van der Waals surface area contributed by atoms with Crippen LogP contribution in [0.3, 0.4) is 0 Å². The zero-order chi connectivity index (χ0) is 20.9. The highest BCUT2D eigenvalue weighted by atomic mass is 32.2. The molecular weight excluding hydrogens is 382 g/mol. The van der Waals surface area contributed by atoms with Crippen molar-refractivity contribution in [1.29, 1.82) is 0 Å². The molecule has 1 aliphatic rings. The third kappa shape index (κ3) is 5.17. The summed E-state index contributed by atoms with van der Waals surface area (Å²) >= 11 is 0. The van der Waals surface area contributed by atoms with Gasteiger partial charge in [-0.1, -0.05) is 12.1 Å². The Morgan fingerprint density at radius 2 is 1.86 bits per heavy atom. The molecule has 0 bridgehead atoms. The van der Waals surface area contributed by atoms with Gasteiger partial charge in [0, 0.05) is 31.1 Å². The fourth-order valence-corrected chi connectivity index (χ4v) is 4.62. The van der Waals surface area contributed by atoms with E-state index < -0.39 is 16.1 Å². The summed E-state index contributed by atoms with van der Waals surface area (Å²) in [7, 11) is -3.73. The van der Waals surface area contributed by atoms with Gasteiger partial charge in [-0.3, -0.25) is 14.4 Å². The molecule has 8 nitrogen and oxygen atoms in total. The molecule has 2 amide bonds. The molecule has 1 atom stereocenters. The average molecular weight is 410 g/mol. The smallest absolute Gasteiger partial charge is 0.243 e. The van der Waals surface area contributed by atoms with Gasteiger partial charge >= 0.3 is 0 Å². The van der Waals surface area contributed by atoms with Gasteiger partial charge in [0.15, 0.2) is 5.78 Å². The van der Waals surface area contributed by atoms with Crippen molar-refractivity contribution in [2.45, 2.75) is 44.6 Å². The number of rotatable bonds is 7. The summed E-state index contributed by atoms with van der Waals surface area (Å²) in [6.45, 7) is 5.71. The Bertz CT molecular complexity index is 845. The van der Waals surface area contributed by atoms with E-state index in [-0.39, 0.29) is 41.5 Å². The van der Waals surface area contributed by atoms with Crippen LogP contribution in [-0.4, -0.2) is 56.0 Å². The van der Waals surface area contributed by atoms with Crippen LogP contribution in [0.25, 0.3) is 0 Å². The molecule has 1 aliphatic heterocycles. The molecule has 0 aliphatic carbocycles. The number of ketones is 1. The van der Waals surface area contributed by atoms with E-state index in [1.54, 1.807) is 26.0 Å². The van der Waals surface area contributed by atoms with E-state index in [1.165, 1.54) is 23.4 Å². The minimum Gasteiger partial charge on any atom is -0.355 e. The van der Waals surface area contributed by atoms with E-state index in [2.05, 4.69) is 10.6 Å². The van der Waals surface area contributed by atoms with Gasteiger partial charge in [-0.25, -0.2) is 8.42 Å². The van der Waals surface area contributed by atoms with Gasteiger partial charge in [-0.2, -0.15) is 4.31 Å². The van der Waals surface area contributed by atoms with Crippen LogP contribution in [0.5, 0.6) is 0 Å². The molecule has 1 heterocycles. The zero-order valence-electron chi connectivity index (χ0n) is 16.4. The molecule has 0 spiro atoms. The first kappa shape index (κ1) is 22.0. The molecule has 1 fully saturated rings. The number of hydrogen-bond acceptors (Lipinski definition) is 5. The van der Waals surface area contributed by atoms with Crippen molar-refractivity contribution in [3.8, 4) is 0 Å². The molecule has 2 N–H and O–H groups in total. The topological polar surface area (TPSA) is 113 Å². The molecule has 9 heteroatoms. The number of amides is 2. The fourth-order valence-electron chi connectivity index (χ4n) is 3.11. The second-order valence-corrected chi connectivity index (χ2v) is 8.83. The van der Waals surface area contributed by atoms with Crippen LogP contribution < -0.4 is 10.6 Å². The number of sulfonamides is 1. The predicted molar refractivity (Wildman–Crippen MR) is 104 cm³/mol. The lowest BCUT2D eigenvalue weighted by atomic mass is 9.97. The number of piperidine rings is 1. The second-order valence-electron chi connectivity index (χ2n) is 6.89. The molecule has 154 valence electrons. The van der Waals surface area contributed by atoms with Crippen molar-refractivity contribution in [3.63, 3.8) is 0 Å². The maximum absolute atomic E-state index is 12.8. The van der Waals surface area contributed by atoms with Crippen molar-refractivity contribution >= 4 is 27.6 Å². The van der Waals surface area contributed by atoms with Crippen LogP contribution >= 0.6 is 0 Å². The van der Waals surface area contributed by atoms with Crippen molar-refractivity contribution < 1.29 is 22.8 Å². The monoisotopic (exact) mass is 409 g/mol. The number of benzene rings is 1. The van der Waals surface area contributed by atoms with E-state index in [1.807, 2.05) is 0 Å². The number of carbonyl (C=O) groups excluding carboxylic acids is 3. The molecule has 0 unspecified atom stereocenters. The summed E-state index contributed by atoms with van der Waals surface area (Å²) in [6, 6.07) is 5.34. The third-order valence-electron chi connectivity index (χ3n) is 4.81. The molecule has 0 saturated carbocycles. The number of nitrogens with one attached hydrogen (secondary N) is 2. The Morgan fingerprint density at radius 1 is 1.21 bits per heavy atom. The van der Waals surface area contributed by atoms with Crippen molar-refractivity contribution in [3.05, 3.63) is 29.8 Å². The summed E-state index contributed by atoms with van der Waals surface area (Å²) in [5, 5.41) is 5.33. The van der Waals surface area contributed by atoms with Gasteiger partial charge in [0.05, 0.1) is 4.90 Å². The minimum absolute atomic E-state index is 0.0768. The van der Waals surface area contributed by atoms with E-state index in [4.69, 9.17) is 0 Å². The summed E-state index contributed by atoms with van der Waals surface area (Å²) < 4.78 is 27.0.